The van der Waals surface area contributed by atoms with Crippen molar-refractivity contribution >= 4 is 5.76 Å². The highest BCUT2D eigenvalue weighted by Crippen LogP contribution is 2.25. The minimum absolute atomic E-state index is 0.560. The molecule has 0 aliphatic heterocycles. The lowest BCUT2D eigenvalue weighted by atomic mass is 10.00. The van der Waals surface area contributed by atoms with Gasteiger partial charge in [0.2, 0.25) is 0 Å². The van der Waals surface area contributed by atoms with E-state index in [0.29, 0.717) is 18.3 Å². The third-order valence-electron chi connectivity index (χ3n) is 3.43. The second-order valence-electron chi connectivity index (χ2n) is 5.87. The third kappa shape index (κ3) is 4.66. The van der Waals surface area contributed by atoms with Gasteiger partial charge in [-0.2, -0.15) is 0 Å². The molecule has 0 aliphatic rings. The number of rotatable bonds is 7. The molecule has 0 heterocycles. The molecule has 0 bridgehead atoms. The lowest BCUT2D eigenvalue weighted by Crippen LogP contribution is -2.00. The van der Waals surface area contributed by atoms with E-state index >= 15 is 0 Å². The van der Waals surface area contributed by atoms with Gasteiger partial charge in [-0.3, -0.25) is 0 Å². The fraction of sp³-hybridized carbons (Fsp3) is 0.300. The largest absolute Gasteiger partial charge is 0.497 e. The van der Waals surface area contributed by atoms with Crippen LogP contribution in [0.25, 0.3) is 5.76 Å². The Bertz CT molecular complexity index is 615. The van der Waals surface area contributed by atoms with Crippen molar-refractivity contribution in [3.63, 3.8) is 0 Å². The lowest BCUT2D eigenvalue weighted by molar-refractivity contribution is 0.305. The number of hydrogen-bond donors (Lipinski definition) is 0. The van der Waals surface area contributed by atoms with Gasteiger partial charge in [-0.25, -0.2) is 0 Å². The molecule has 0 fully saturated rings. The van der Waals surface area contributed by atoms with Crippen molar-refractivity contribution in [3.05, 3.63) is 71.8 Å². The van der Waals surface area contributed by atoms with Crippen molar-refractivity contribution in [2.24, 2.45) is 5.92 Å². The molecule has 0 unspecified atom stereocenters. The molecule has 0 saturated carbocycles. The molecular formula is C20H24O2. The summed E-state index contributed by atoms with van der Waals surface area (Å²) in [6, 6.07) is 16.4. The van der Waals surface area contributed by atoms with Crippen molar-refractivity contribution in [2.45, 2.75) is 26.9 Å². The van der Waals surface area contributed by atoms with Gasteiger partial charge in [0.1, 0.15) is 18.1 Å². The first-order valence-electron chi connectivity index (χ1n) is 7.62. The predicted molar refractivity (Wildman–Crippen MR) is 91.8 cm³/mol. The number of benzene rings is 2. The van der Waals surface area contributed by atoms with Crippen molar-refractivity contribution in [2.75, 3.05) is 7.11 Å². The van der Waals surface area contributed by atoms with Gasteiger partial charge in [0, 0.05) is 5.56 Å². The molecule has 0 amide bonds. The maximum Gasteiger partial charge on any atom is 0.120 e. The van der Waals surface area contributed by atoms with Crippen LogP contribution in [0.4, 0.5) is 0 Å². The lowest BCUT2D eigenvalue weighted by Gasteiger charge is -2.13. The molecule has 0 spiro atoms. The first-order valence-corrected chi connectivity index (χ1v) is 7.62. The van der Waals surface area contributed by atoms with Crippen LogP contribution in [0.15, 0.2) is 55.1 Å². The minimum atomic E-state index is 0.560. The van der Waals surface area contributed by atoms with E-state index in [0.717, 1.165) is 23.3 Å². The number of hydrogen-bond acceptors (Lipinski definition) is 2. The Morgan fingerprint density at radius 2 is 1.77 bits per heavy atom. The topological polar surface area (TPSA) is 18.5 Å². The van der Waals surface area contributed by atoms with E-state index in [4.69, 9.17) is 9.47 Å². The summed E-state index contributed by atoms with van der Waals surface area (Å²) in [5.74, 6) is 2.11. The highest BCUT2D eigenvalue weighted by atomic mass is 16.5. The third-order valence-corrected chi connectivity index (χ3v) is 3.43. The zero-order valence-electron chi connectivity index (χ0n) is 13.6. The Labute approximate surface area is 133 Å². The van der Waals surface area contributed by atoms with E-state index in [-0.39, 0.29) is 0 Å². The predicted octanol–water partition coefficient (Wildman–Crippen LogP) is 5.08. The molecule has 2 heteroatoms. The fourth-order valence-electron chi connectivity index (χ4n) is 2.35. The van der Waals surface area contributed by atoms with Crippen LogP contribution in [0.5, 0.6) is 5.75 Å². The second kappa shape index (κ2) is 7.69. The average molecular weight is 296 g/mol. The molecule has 0 saturated heterocycles. The van der Waals surface area contributed by atoms with E-state index < -0.39 is 0 Å². The SMILES string of the molecule is C=C(OC)c1cc(CC(C)C)cc(OCc2ccccc2)c1. The summed E-state index contributed by atoms with van der Waals surface area (Å²) < 4.78 is 11.2. The van der Waals surface area contributed by atoms with Crippen LogP contribution in [0.1, 0.15) is 30.5 Å². The molecule has 0 atom stereocenters. The Morgan fingerprint density at radius 1 is 1.05 bits per heavy atom. The highest BCUT2D eigenvalue weighted by Gasteiger charge is 2.07. The van der Waals surface area contributed by atoms with Gasteiger partial charge in [0.15, 0.2) is 0 Å². The van der Waals surface area contributed by atoms with Crippen LogP contribution in [0.3, 0.4) is 0 Å². The molecule has 22 heavy (non-hydrogen) atoms. The monoisotopic (exact) mass is 296 g/mol. The quantitative estimate of drug-likeness (QED) is 0.663. The number of methoxy groups -OCH3 is 1. The molecule has 2 nitrogen and oxygen atoms in total. The van der Waals surface area contributed by atoms with Gasteiger partial charge in [0.05, 0.1) is 7.11 Å². The first kappa shape index (κ1) is 16.2. The molecule has 2 aromatic rings. The van der Waals surface area contributed by atoms with E-state index in [1.54, 1.807) is 7.11 Å². The van der Waals surface area contributed by atoms with Gasteiger partial charge in [-0.1, -0.05) is 50.8 Å². The van der Waals surface area contributed by atoms with Crippen molar-refractivity contribution in [3.8, 4) is 5.75 Å². The summed E-state index contributed by atoms with van der Waals surface area (Å²) in [5.41, 5.74) is 3.38. The minimum Gasteiger partial charge on any atom is -0.497 e. The van der Waals surface area contributed by atoms with E-state index in [1.165, 1.54) is 5.56 Å². The summed E-state index contributed by atoms with van der Waals surface area (Å²) in [6.45, 7) is 8.93. The molecular weight excluding hydrogens is 272 g/mol. The smallest absolute Gasteiger partial charge is 0.120 e. The van der Waals surface area contributed by atoms with Crippen LogP contribution in [-0.4, -0.2) is 7.11 Å². The summed E-state index contributed by atoms with van der Waals surface area (Å²) in [6.07, 6.45) is 1.01. The van der Waals surface area contributed by atoms with Gasteiger partial charge >= 0.3 is 0 Å². The maximum atomic E-state index is 5.95. The zero-order valence-corrected chi connectivity index (χ0v) is 13.6. The fourth-order valence-corrected chi connectivity index (χ4v) is 2.35. The van der Waals surface area contributed by atoms with Gasteiger partial charge < -0.3 is 9.47 Å². The summed E-state index contributed by atoms with van der Waals surface area (Å²) in [4.78, 5) is 0. The Kier molecular flexibility index (Phi) is 5.65. The van der Waals surface area contributed by atoms with Gasteiger partial charge in [-0.05, 0) is 41.7 Å². The maximum absolute atomic E-state index is 5.95. The van der Waals surface area contributed by atoms with Crippen LogP contribution < -0.4 is 4.74 Å². The molecule has 0 aromatic heterocycles. The average Bonchev–Trinajstić information content (AvgIpc) is 2.52. The van der Waals surface area contributed by atoms with Gasteiger partial charge in [0.25, 0.3) is 0 Å². The van der Waals surface area contributed by atoms with Gasteiger partial charge in [-0.15, -0.1) is 0 Å². The Morgan fingerprint density at radius 3 is 2.41 bits per heavy atom. The van der Waals surface area contributed by atoms with Crippen LogP contribution in [-0.2, 0) is 17.8 Å². The van der Waals surface area contributed by atoms with Crippen LogP contribution in [0, 0.1) is 5.92 Å². The zero-order chi connectivity index (χ0) is 15.9. The first-order chi connectivity index (χ1) is 10.6. The van der Waals surface area contributed by atoms with Crippen molar-refractivity contribution < 1.29 is 9.47 Å². The summed E-state index contributed by atoms with van der Waals surface area (Å²) in [7, 11) is 1.64. The standard InChI is InChI=1S/C20H24O2/c1-15(2)10-18-11-19(16(3)21-4)13-20(12-18)22-14-17-8-6-5-7-9-17/h5-9,11-13,15H,3,10,14H2,1-2,4H3. The normalized spacial score (nSPS) is 10.5. The Hall–Kier alpha value is -2.22. The molecule has 0 N–H and O–H groups in total. The van der Waals surface area contributed by atoms with Crippen LogP contribution >= 0.6 is 0 Å². The molecule has 0 aliphatic carbocycles. The second-order valence-corrected chi connectivity index (χ2v) is 5.87. The van der Waals surface area contributed by atoms with Crippen molar-refractivity contribution in [1.82, 2.24) is 0 Å². The molecule has 2 rings (SSSR count). The molecule has 116 valence electrons. The van der Waals surface area contributed by atoms with Crippen LogP contribution in [0.2, 0.25) is 0 Å². The number of ether oxygens (including phenoxy) is 2. The highest BCUT2D eigenvalue weighted by molar-refractivity contribution is 5.60. The van der Waals surface area contributed by atoms with E-state index in [1.807, 2.05) is 24.3 Å². The van der Waals surface area contributed by atoms with Crippen molar-refractivity contribution in [1.29, 1.82) is 0 Å². The summed E-state index contributed by atoms with van der Waals surface area (Å²) in [5, 5.41) is 0. The summed E-state index contributed by atoms with van der Waals surface area (Å²) >= 11 is 0. The van der Waals surface area contributed by atoms with E-state index in [9.17, 15) is 0 Å². The van der Waals surface area contributed by atoms with E-state index in [2.05, 4.69) is 44.7 Å². The molecule has 2 aromatic carbocycles. The Balaban J connectivity index is 2.19. The molecule has 0 radical (unpaired) electrons.